The van der Waals surface area contributed by atoms with E-state index in [1.165, 1.54) is 0 Å². The van der Waals surface area contributed by atoms with Gasteiger partial charge in [0.25, 0.3) is 0 Å². The van der Waals surface area contributed by atoms with E-state index < -0.39 is 26.9 Å². The molecule has 25 heavy (non-hydrogen) atoms. The lowest BCUT2D eigenvalue weighted by atomic mass is 9.88. The zero-order chi connectivity index (χ0) is 18.1. The molecule has 0 aromatic heterocycles. The van der Waals surface area contributed by atoms with E-state index in [1.807, 2.05) is 54.6 Å². The molecule has 0 amide bonds. The van der Waals surface area contributed by atoms with E-state index in [4.69, 9.17) is 0 Å². The summed E-state index contributed by atoms with van der Waals surface area (Å²) in [5.74, 6) is 0. The molecule has 1 aliphatic carbocycles. The molecule has 134 valence electrons. The van der Waals surface area contributed by atoms with Gasteiger partial charge in [0.1, 0.15) is 5.60 Å². The summed E-state index contributed by atoms with van der Waals surface area (Å²) >= 11 is 0. The van der Waals surface area contributed by atoms with Gasteiger partial charge in [-0.3, -0.25) is 0 Å². The van der Waals surface area contributed by atoms with E-state index in [2.05, 4.69) is 4.72 Å². The van der Waals surface area contributed by atoms with Crippen molar-refractivity contribution in [3.05, 3.63) is 60.2 Å². The number of hydrogen-bond donors (Lipinski definition) is 2. The largest absolute Gasteiger partial charge is 0.383 e. The molecule has 1 aliphatic rings. The first-order valence-corrected chi connectivity index (χ1v) is 10.3. The van der Waals surface area contributed by atoms with Crippen LogP contribution in [0.5, 0.6) is 0 Å². The minimum Gasteiger partial charge on any atom is -0.383 e. The van der Waals surface area contributed by atoms with Crippen molar-refractivity contribution >= 4 is 10.0 Å². The summed E-state index contributed by atoms with van der Waals surface area (Å²) in [6.07, 6.45) is 1.99. The number of benzene rings is 2. The Morgan fingerprint density at radius 1 is 1.04 bits per heavy atom. The van der Waals surface area contributed by atoms with Crippen LogP contribution < -0.4 is 4.72 Å². The fourth-order valence-corrected chi connectivity index (χ4v) is 4.39. The quantitative estimate of drug-likeness (QED) is 0.860. The molecule has 5 heteroatoms. The molecule has 4 nitrogen and oxygen atoms in total. The van der Waals surface area contributed by atoms with Gasteiger partial charge < -0.3 is 5.11 Å². The minimum absolute atomic E-state index is 0.484. The number of rotatable bonds is 5. The average molecular weight is 359 g/mol. The Labute approximate surface area is 150 Å². The summed E-state index contributed by atoms with van der Waals surface area (Å²) in [6, 6.07) is 17.3. The van der Waals surface area contributed by atoms with E-state index in [0.717, 1.165) is 23.1 Å². The van der Waals surface area contributed by atoms with Crippen molar-refractivity contribution in [3.8, 4) is 11.1 Å². The smallest absolute Gasteiger partial charge is 0.214 e. The van der Waals surface area contributed by atoms with Crippen LogP contribution in [0.3, 0.4) is 0 Å². The second-order valence-corrected chi connectivity index (χ2v) is 9.29. The molecule has 0 saturated heterocycles. The Morgan fingerprint density at radius 2 is 1.64 bits per heavy atom. The molecular formula is C20H25NO3S. The summed E-state index contributed by atoms with van der Waals surface area (Å²) < 4.78 is 27.2. The Hall–Kier alpha value is -1.69. The van der Waals surface area contributed by atoms with Crippen LogP contribution in [0.2, 0.25) is 0 Å². The van der Waals surface area contributed by atoms with Crippen LogP contribution in [0.4, 0.5) is 0 Å². The van der Waals surface area contributed by atoms with Gasteiger partial charge in [0.15, 0.2) is 0 Å². The van der Waals surface area contributed by atoms with Crippen molar-refractivity contribution in [1.29, 1.82) is 0 Å². The van der Waals surface area contributed by atoms with E-state index in [9.17, 15) is 13.5 Å². The number of sulfonamides is 1. The highest BCUT2D eigenvalue weighted by Gasteiger charge is 2.44. The van der Waals surface area contributed by atoms with Crippen molar-refractivity contribution in [1.82, 2.24) is 4.72 Å². The molecular weight excluding hydrogens is 334 g/mol. The number of aliphatic hydroxyl groups is 1. The molecule has 2 atom stereocenters. The fourth-order valence-electron chi connectivity index (χ4n) is 3.41. The monoisotopic (exact) mass is 359 g/mol. The molecule has 2 aromatic carbocycles. The van der Waals surface area contributed by atoms with Gasteiger partial charge in [0.05, 0.1) is 11.3 Å². The molecule has 0 heterocycles. The highest BCUT2D eigenvalue weighted by atomic mass is 32.2. The van der Waals surface area contributed by atoms with Crippen LogP contribution in [-0.4, -0.2) is 24.8 Å². The van der Waals surface area contributed by atoms with Gasteiger partial charge >= 0.3 is 0 Å². The van der Waals surface area contributed by atoms with Gasteiger partial charge in [0, 0.05) is 0 Å². The van der Waals surface area contributed by atoms with Crippen LogP contribution >= 0.6 is 0 Å². The molecule has 2 N–H and O–H groups in total. The van der Waals surface area contributed by atoms with Gasteiger partial charge in [-0.2, -0.15) is 0 Å². The second kappa shape index (κ2) is 6.90. The average Bonchev–Trinajstić information content (AvgIpc) is 2.97. The number of nitrogens with one attached hydrogen (secondary N) is 1. The molecule has 0 bridgehead atoms. The van der Waals surface area contributed by atoms with Crippen molar-refractivity contribution in [3.63, 3.8) is 0 Å². The summed E-state index contributed by atoms with van der Waals surface area (Å²) in [5, 5.41) is 10.7. The summed E-state index contributed by atoms with van der Waals surface area (Å²) in [5.41, 5.74) is 1.80. The van der Waals surface area contributed by atoms with Gasteiger partial charge in [0.2, 0.25) is 10.0 Å². The standard InChI is InChI=1S/C20H25NO3S/c1-15(2)25(23,24)21-19-9-6-14-20(19,22)18-12-10-17(11-13-18)16-7-4-3-5-8-16/h3-5,7-8,10-13,15,19,21-22H,6,9,14H2,1-2H3. The van der Waals surface area contributed by atoms with Crippen molar-refractivity contribution in [2.24, 2.45) is 0 Å². The Kier molecular flexibility index (Phi) is 5.00. The van der Waals surface area contributed by atoms with Crippen molar-refractivity contribution < 1.29 is 13.5 Å². The first-order chi connectivity index (χ1) is 11.8. The molecule has 1 fully saturated rings. The third-order valence-corrected chi connectivity index (χ3v) is 6.90. The molecule has 3 rings (SSSR count). The predicted octanol–water partition coefficient (Wildman–Crippen LogP) is 3.42. The maximum atomic E-state index is 12.2. The molecule has 2 aromatic rings. The van der Waals surface area contributed by atoms with Gasteiger partial charge in [-0.1, -0.05) is 54.6 Å². The lowest BCUT2D eigenvalue weighted by Crippen LogP contribution is -2.48. The third-order valence-electron chi connectivity index (χ3n) is 5.05. The zero-order valence-electron chi connectivity index (χ0n) is 14.6. The summed E-state index contributed by atoms with van der Waals surface area (Å²) in [7, 11) is -3.42. The zero-order valence-corrected chi connectivity index (χ0v) is 15.5. The van der Waals surface area contributed by atoms with Crippen LogP contribution in [-0.2, 0) is 15.6 Å². The lowest BCUT2D eigenvalue weighted by Gasteiger charge is -2.31. The normalized spacial score (nSPS) is 23.9. The highest BCUT2D eigenvalue weighted by molar-refractivity contribution is 7.90. The van der Waals surface area contributed by atoms with Crippen LogP contribution in [0.15, 0.2) is 54.6 Å². The second-order valence-electron chi connectivity index (χ2n) is 7.02. The van der Waals surface area contributed by atoms with E-state index in [1.54, 1.807) is 13.8 Å². The molecule has 2 unspecified atom stereocenters. The van der Waals surface area contributed by atoms with E-state index >= 15 is 0 Å². The van der Waals surface area contributed by atoms with E-state index in [-0.39, 0.29) is 0 Å². The molecule has 1 saturated carbocycles. The van der Waals surface area contributed by atoms with Gasteiger partial charge in [-0.15, -0.1) is 0 Å². The van der Waals surface area contributed by atoms with Crippen molar-refractivity contribution in [2.75, 3.05) is 0 Å². The Balaban J connectivity index is 1.86. The van der Waals surface area contributed by atoms with Crippen molar-refractivity contribution in [2.45, 2.75) is 50.0 Å². The van der Waals surface area contributed by atoms with Crippen LogP contribution in [0, 0.1) is 0 Å². The predicted molar refractivity (Wildman–Crippen MR) is 101 cm³/mol. The molecule has 0 radical (unpaired) electrons. The van der Waals surface area contributed by atoms with Gasteiger partial charge in [-0.05, 0) is 49.8 Å². The highest BCUT2D eigenvalue weighted by Crippen LogP contribution is 2.40. The first-order valence-electron chi connectivity index (χ1n) is 8.72. The fraction of sp³-hybridized carbons (Fsp3) is 0.400. The third kappa shape index (κ3) is 3.64. The maximum Gasteiger partial charge on any atom is 0.214 e. The topological polar surface area (TPSA) is 66.4 Å². The summed E-state index contributed by atoms with van der Waals surface area (Å²) in [6.45, 7) is 3.29. The minimum atomic E-state index is -3.42. The molecule has 0 spiro atoms. The summed E-state index contributed by atoms with van der Waals surface area (Å²) in [4.78, 5) is 0. The van der Waals surface area contributed by atoms with Crippen LogP contribution in [0.1, 0.15) is 38.7 Å². The van der Waals surface area contributed by atoms with Crippen LogP contribution in [0.25, 0.3) is 11.1 Å². The Morgan fingerprint density at radius 3 is 2.24 bits per heavy atom. The lowest BCUT2D eigenvalue weighted by molar-refractivity contribution is 0.0231. The molecule has 0 aliphatic heterocycles. The SMILES string of the molecule is CC(C)S(=O)(=O)NC1CCCC1(O)c1ccc(-c2ccccc2)cc1. The van der Waals surface area contributed by atoms with E-state index in [0.29, 0.717) is 12.8 Å². The Bertz CT molecular complexity index is 816. The first kappa shape index (κ1) is 18.1. The number of hydrogen-bond acceptors (Lipinski definition) is 3. The maximum absolute atomic E-state index is 12.2. The van der Waals surface area contributed by atoms with Gasteiger partial charge in [-0.25, -0.2) is 13.1 Å².